The normalized spacial score (nSPS) is 20.5. The quantitative estimate of drug-likeness (QED) is 0.358. The van der Waals surface area contributed by atoms with Crippen molar-refractivity contribution in [3.63, 3.8) is 0 Å². The number of hydrogen-bond acceptors (Lipinski definition) is 4. The van der Waals surface area contributed by atoms with E-state index >= 15 is 0 Å². The van der Waals surface area contributed by atoms with Gasteiger partial charge in [0.25, 0.3) is 5.91 Å². The maximum Gasteiger partial charge on any atom is 0.266 e. The zero-order valence-electron chi connectivity index (χ0n) is 14.8. The van der Waals surface area contributed by atoms with Crippen LogP contribution in [0.4, 0.5) is 4.39 Å². The maximum absolute atomic E-state index is 13.1. The standard InChI is InChI=1S/C21H20FNO2S2/c22-15-9-7-14(8-10-15)18-12-11-17(25-18)13-19-20(24)23(21(26)27-19)16-5-3-1-2-4-6-16/h7-13,16H,1-6H2. The molecule has 1 aromatic heterocycles. The van der Waals surface area contributed by atoms with Gasteiger partial charge in [0.2, 0.25) is 0 Å². The predicted octanol–water partition coefficient (Wildman–Crippen LogP) is 6.01. The van der Waals surface area contributed by atoms with Crippen LogP contribution >= 0.6 is 24.0 Å². The van der Waals surface area contributed by atoms with Gasteiger partial charge >= 0.3 is 0 Å². The van der Waals surface area contributed by atoms with E-state index in [-0.39, 0.29) is 17.8 Å². The zero-order chi connectivity index (χ0) is 18.8. The van der Waals surface area contributed by atoms with Crippen molar-refractivity contribution >= 4 is 40.3 Å². The van der Waals surface area contributed by atoms with Crippen LogP contribution in [0.25, 0.3) is 17.4 Å². The van der Waals surface area contributed by atoms with Crippen molar-refractivity contribution in [2.75, 3.05) is 0 Å². The summed E-state index contributed by atoms with van der Waals surface area (Å²) in [7, 11) is 0. The molecule has 140 valence electrons. The molecule has 1 saturated carbocycles. The number of nitrogens with zero attached hydrogens (tertiary/aromatic N) is 1. The molecule has 0 atom stereocenters. The zero-order valence-corrected chi connectivity index (χ0v) is 16.5. The van der Waals surface area contributed by atoms with Crippen LogP contribution in [0.3, 0.4) is 0 Å². The highest BCUT2D eigenvalue weighted by Crippen LogP contribution is 2.37. The molecule has 0 unspecified atom stereocenters. The molecule has 0 bridgehead atoms. The third-order valence-corrected chi connectivity index (χ3v) is 6.37. The Labute approximate surface area is 167 Å². The lowest BCUT2D eigenvalue weighted by Crippen LogP contribution is -2.38. The molecule has 6 heteroatoms. The molecular weight excluding hydrogens is 381 g/mol. The number of thioether (sulfide) groups is 1. The monoisotopic (exact) mass is 401 g/mol. The molecule has 2 aromatic rings. The summed E-state index contributed by atoms with van der Waals surface area (Å²) in [6.07, 6.45) is 8.58. The molecule has 1 aliphatic heterocycles. The fourth-order valence-electron chi connectivity index (χ4n) is 3.64. The van der Waals surface area contributed by atoms with Gasteiger partial charge in [-0.15, -0.1) is 0 Å². The van der Waals surface area contributed by atoms with Crippen molar-refractivity contribution in [1.82, 2.24) is 4.90 Å². The molecule has 2 aliphatic rings. The van der Waals surface area contributed by atoms with Crippen LogP contribution in [0.2, 0.25) is 0 Å². The van der Waals surface area contributed by atoms with Crippen molar-refractivity contribution in [3.8, 4) is 11.3 Å². The topological polar surface area (TPSA) is 33.5 Å². The second-order valence-corrected chi connectivity index (χ2v) is 8.58. The Hall–Kier alpha value is -1.92. The summed E-state index contributed by atoms with van der Waals surface area (Å²) in [5.74, 6) is 0.931. The van der Waals surface area contributed by atoms with E-state index < -0.39 is 0 Å². The van der Waals surface area contributed by atoms with Crippen molar-refractivity contribution in [1.29, 1.82) is 0 Å². The highest BCUT2D eigenvalue weighted by atomic mass is 32.2. The lowest BCUT2D eigenvalue weighted by Gasteiger charge is -2.25. The van der Waals surface area contributed by atoms with Crippen LogP contribution in [0, 0.1) is 5.82 Å². The molecule has 27 heavy (non-hydrogen) atoms. The molecule has 0 spiro atoms. The first kappa shape index (κ1) is 18.4. The van der Waals surface area contributed by atoms with Crippen LogP contribution in [-0.2, 0) is 4.79 Å². The largest absolute Gasteiger partial charge is 0.457 e. The van der Waals surface area contributed by atoms with Gasteiger partial charge in [-0.1, -0.05) is 49.7 Å². The summed E-state index contributed by atoms with van der Waals surface area (Å²) >= 11 is 6.83. The summed E-state index contributed by atoms with van der Waals surface area (Å²) in [6.45, 7) is 0. The average Bonchev–Trinajstić information content (AvgIpc) is 3.10. The first-order chi connectivity index (χ1) is 13.1. The highest BCUT2D eigenvalue weighted by Gasteiger charge is 2.37. The van der Waals surface area contributed by atoms with Gasteiger partial charge in [0.1, 0.15) is 21.7 Å². The predicted molar refractivity (Wildman–Crippen MR) is 111 cm³/mol. The van der Waals surface area contributed by atoms with Crippen molar-refractivity contribution in [2.45, 2.75) is 44.6 Å². The van der Waals surface area contributed by atoms with Gasteiger partial charge in [0.15, 0.2) is 0 Å². The van der Waals surface area contributed by atoms with Gasteiger partial charge in [0, 0.05) is 17.7 Å². The molecule has 1 saturated heterocycles. The summed E-state index contributed by atoms with van der Waals surface area (Å²) in [6, 6.07) is 10.00. The maximum atomic E-state index is 13.1. The van der Waals surface area contributed by atoms with Gasteiger partial charge in [-0.05, 0) is 49.2 Å². The first-order valence-corrected chi connectivity index (χ1v) is 10.5. The second kappa shape index (κ2) is 7.98. The van der Waals surface area contributed by atoms with Crippen LogP contribution in [0.5, 0.6) is 0 Å². The Morgan fingerprint density at radius 3 is 2.48 bits per heavy atom. The van der Waals surface area contributed by atoms with Crippen molar-refractivity contribution < 1.29 is 13.6 Å². The van der Waals surface area contributed by atoms with Gasteiger partial charge in [0.05, 0.1) is 4.91 Å². The minimum atomic E-state index is -0.285. The van der Waals surface area contributed by atoms with E-state index in [1.54, 1.807) is 23.1 Å². The molecule has 4 rings (SSSR count). The Balaban J connectivity index is 1.53. The number of carbonyl (C=O) groups excluding carboxylic acids is 1. The Bertz CT molecular complexity index is 880. The van der Waals surface area contributed by atoms with E-state index in [1.165, 1.54) is 36.7 Å². The highest BCUT2D eigenvalue weighted by molar-refractivity contribution is 8.26. The van der Waals surface area contributed by atoms with Gasteiger partial charge in [-0.2, -0.15) is 0 Å². The third kappa shape index (κ3) is 4.01. The van der Waals surface area contributed by atoms with Gasteiger partial charge < -0.3 is 4.42 Å². The first-order valence-electron chi connectivity index (χ1n) is 9.25. The fourth-order valence-corrected chi connectivity index (χ4v) is 5.02. The van der Waals surface area contributed by atoms with E-state index in [0.29, 0.717) is 20.7 Å². The van der Waals surface area contributed by atoms with Crippen LogP contribution in [0.1, 0.15) is 44.3 Å². The Kier molecular flexibility index (Phi) is 5.45. The molecule has 1 aliphatic carbocycles. The number of rotatable bonds is 3. The number of amides is 1. The van der Waals surface area contributed by atoms with Crippen molar-refractivity contribution in [3.05, 3.63) is 52.9 Å². The lowest BCUT2D eigenvalue weighted by molar-refractivity contribution is -0.123. The summed E-state index contributed by atoms with van der Waals surface area (Å²) in [5.41, 5.74) is 0.794. The molecule has 1 aromatic carbocycles. The van der Waals surface area contributed by atoms with Crippen LogP contribution < -0.4 is 0 Å². The fraction of sp³-hybridized carbons (Fsp3) is 0.333. The van der Waals surface area contributed by atoms with Crippen LogP contribution in [-0.4, -0.2) is 21.2 Å². The van der Waals surface area contributed by atoms with E-state index in [1.807, 2.05) is 12.1 Å². The molecule has 3 nitrogen and oxygen atoms in total. The number of halogens is 1. The van der Waals surface area contributed by atoms with E-state index in [0.717, 1.165) is 31.2 Å². The molecular formula is C21H20FNO2S2. The number of carbonyl (C=O) groups is 1. The molecule has 0 N–H and O–H groups in total. The van der Waals surface area contributed by atoms with Crippen LogP contribution in [0.15, 0.2) is 45.7 Å². The smallest absolute Gasteiger partial charge is 0.266 e. The van der Waals surface area contributed by atoms with E-state index in [4.69, 9.17) is 16.6 Å². The molecule has 1 amide bonds. The lowest BCUT2D eigenvalue weighted by atomic mass is 10.1. The summed E-state index contributed by atoms with van der Waals surface area (Å²) in [4.78, 5) is 15.3. The minimum Gasteiger partial charge on any atom is -0.457 e. The van der Waals surface area contributed by atoms with Gasteiger partial charge in [-0.25, -0.2) is 4.39 Å². The number of benzene rings is 1. The van der Waals surface area contributed by atoms with E-state index in [2.05, 4.69) is 0 Å². The summed E-state index contributed by atoms with van der Waals surface area (Å²) < 4.78 is 19.5. The minimum absolute atomic E-state index is 0.0170. The Morgan fingerprint density at radius 2 is 1.78 bits per heavy atom. The number of furan rings is 1. The number of hydrogen-bond donors (Lipinski definition) is 0. The van der Waals surface area contributed by atoms with E-state index in [9.17, 15) is 9.18 Å². The number of thiocarbonyl (C=S) groups is 1. The second-order valence-electron chi connectivity index (χ2n) is 6.91. The SMILES string of the molecule is O=C1C(=Cc2ccc(-c3ccc(F)cc3)o2)SC(=S)N1C1CCCCCC1. The summed E-state index contributed by atoms with van der Waals surface area (Å²) in [5, 5.41) is 0. The average molecular weight is 402 g/mol. The molecule has 0 radical (unpaired) electrons. The van der Waals surface area contributed by atoms with Gasteiger partial charge in [-0.3, -0.25) is 9.69 Å². The third-order valence-electron chi connectivity index (χ3n) is 5.04. The van der Waals surface area contributed by atoms with Crippen molar-refractivity contribution in [2.24, 2.45) is 0 Å². The molecule has 2 fully saturated rings. The Morgan fingerprint density at radius 1 is 1.07 bits per heavy atom. The molecule has 2 heterocycles.